The largest absolute Gasteiger partial charge is 0.433 e. The lowest BCUT2D eigenvalue weighted by Crippen LogP contribution is -2.35. The van der Waals surface area contributed by atoms with Crippen LogP contribution in [0.3, 0.4) is 0 Å². The van der Waals surface area contributed by atoms with E-state index in [0.29, 0.717) is 0 Å². The Balaban J connectivity index is 1.81. The van der Waals surface area contributed by atoms with Crippen LogP contribution in [0, 0.1) is 0 Å². The van der Waals surface area contributed by atoms with E-state index in [1.165, 1.54) is 12.1 Å². The van der Waals surface area contributed by atoms with Crippen LogP contribution in [0.1, 0.15) is 30.4 Å². The molecule has 0 aliphatic heterocycles. The fourth-order valence-electron chi connectivity index (χ4n) is 2.27. The average molecular weight is 503 g/mol. The predicted octanol–water partition coefficient (Wildman–Crippen LogP) is 3.69. The molecule has 1 heterocycles. The van der Waals surface area contributed by atoms with E-state index < -0.39 is 37.1 Å². The molecule has 0 atom stereocenters. The van der Waals surface area contributed by atoms with Gasteiger partial charge in [0.25, 0.3) is 10.0 Å². The summed E-state index contributed by atoms with van der Waals surface area (Å²) in [5.74, 6) is -0.955. The molecule has 1 aliphatic rings. The van der Waals surface area contributed by atoms with Crippen molar-refractivity contribution < 1.29 is 26.7 Å². The van der Waals surface area contributed by atoms with E-state index in [-0.39, 0.29) is 23.5 Å². The molecule has 1 aromatic heterocycles. The topological polar surface area (TPSA) is 123 Å². The maximum Gasteiger partial charge on any atom is 0.387 e. The zero-order valence-corrected chi connectivity index (χ0v) is 17.7. The van der Waals surface area contributed by atoms with Gasteiger partial charge in [0.15, 0.2) is 5.82 Å². The molecule has 3 rings (SSSR count). The van der Waals surface area contributed by atoms with E-state index in [9.17, 15) is 22.0 Å². The number of alkyl halides is 5. The number of anilines is 1. The minimum absolute atomic E-state index is 0.00446. The number of carbonyl (C=O) groups is 1. The van der Waals surface area contributed by atoms with Gasteiger partial charge in [-0.25, -0.2) is 22.9 Å². The molecule has 15 heteroatoms. The number of aromatic nitrogens is 3. The zero-order chi connectivity index (χ0) is 22.1. The highest BCUT2D eigenvalue weighted by Crippen LogP contribution is 2.41. The molecule has 162 valence electrons. The molecule has 0 unspecified atom stereocenters. The van der Waals surface area contributed by atoms with Gasteiger partial charge in [-0.1, -0.05) is 46.9 Å². The number of hydrogen-bond acceptors (Lipinski definition) is 7. The molecule has 0 saturated heterocycles. The van der Waals surface area contributed by atoms with E-state index in [1.54, 1.807) is 4.72 Å². The first-order valence-electron chi connectivity index (χ1n) is 8.16. The first-order chi connectivity index (χ1) is 14.0. The van der Waals surface area contributed by atoms with Crippen molar-refractivity contribution >= 4 is 56.8 Å². The summed E-state index contributed by atoms with van der Waals surface area (Å²) in [6, 6.07) is 3.29. The van der Waals surface area contributed by atoms with Crippen molar-refractivity contribution in [3.05, 3.63) is 35.9 Å². The third-order valence-electron chi connectivity index (χ3n) is 3.66. The summed E-state index contributed by atoms with van der Waals surface area (Å²) in [4.78, 5) is 23.4. The zero-order valence-electron chi connectivity index (χ0n) is 14.7. The Morgan fingerprint density at radius 3 is 2.43 bits per heavy atom. The smallest absolute Gasteiger partial charge is 0.387 e. The van der Waals surface area contributed by atoms with Gasteiger partial charge in [-0.05, 0) is 25.0 Å². The predicted molar refractivity (Wildman–Crippen MR) is 103 cm³/mol. The summed E-state index contributed by atoms with van der Waals surface area (Å²) in [7, 11) is -4.58. The second-order valence-electron chi connectivity index (χ2n) is 6.00. The molecule has 1 aromatic carbocycles. The van der Waals surface area contributed by atoms with Crippen LogP contribution in [-0.4, -0.2) is 36.0 Å². The fraction of sp³-hybridized carbons (Fsp3) is 0.333. The van der Waals surface area contributed by atoms with Crippen LogP contribution in [0.2, 0.25) is 0 Å². The van der Waals surface area contributed by atoms with Crippen LogP contribution in [0.15, 0.2) is 29.2 Å². The van der Waals surface area contributed by atoms with Gasteiger partial charge in [0.05, 0.1) is 0 Å². The van der Waals surface area contributed by atoms with Crippen molar-refractivity contribution in [3.63, 3.8) is 0 Å². The van der Waals surface area contributed by atoms with Gasteiger partial charge in [-0.2, -0.15) is 18.7 Å². The lowest BCUT2D eigenvalue weighted by atomic mass is 10.3. The summed E-state index contributed by atoms with van der Waals surface area (Å²) in [5, 5.41) is 2.11. The molecule has 2 amide bonds. The maximum absolute atomic E-state index is 12.5. The Hall–Kier alpha value is -2.02. The molecular weight excluding hydrogens is 491 g/mol. The fourth-order valence-corrected chi connectivity index (χ4v) is 3.57. The molecule has 9 nitrogen and oxygen atoms in total. The summed E-state index contributed by atoms with van der Waals surface area (Å²) >= 11 is 17.4. The molecule has 2 N–H and O–H groups in total. The van der Waals surface area contributed by atoms with Crippen molar-refractivity contribution in [1.82, 2.24) is 19.7 Å². The van der Waals surface area contributed by atoms with Crippen LogP contribution in [0.25, 0.3) is 0 Å². The third kappa shape index (κ3) is 5.78. The van der Waals surface area contributed by atoms with Gasteiger partial charge in [0.2, 0.25) is 9.74 Å². The summed E-state index contributed by atoms with van der Waals surface area (Å²) < 4.78 is 53.7. The Kier molecular flexibility index (Phi) is 6.51. The van der Waals surface area contributed by atoms with Gasteiger partial charge in [0.1, 0.15) is 16.5 Å². The Labute approximate surface area is 184 Å². The number of carbonyl (C=O) groups excluding carboxylic acids is 1. The number of halogens is 5. The molecule has 1 fully saturated rings. The number of rotatable bonds is 6. The van der Waals surface area contributed by atoms with Crippen molar-refractivity contribution in [3.8, 4) is 5.75 Å². The SMILES string of the molecule is O=C(Nc1nc(C2CC2)nc(C(Cl)(Cl)Cl)n1)NS(=O)(=O)c1ccccc1OC(F)F. The Morgan fingerprint density at radius 1 is 1.17 bits per heavy atom. The van der Waals surface area contributed by atoms with E-state index in [2.05, 4.69) is 25.0 Å². The number of hydrogen-bond donors (Lipinski definition) is 2. The van der Waals surface area contributed by atoms with E-state index in [4.69, 9.17) is 34.8 Å². The lowest BCUT2D eigenvalue weighted by Gasteiger charge is -2.14. The molecule has 1 saturated carbocycles. The highest BCUT2D eigenvalue weighted by Gasteiger charge is 2.33. The van der Waals surface area contributed by atoms with Gasteiger partial charge in [-0.3, -0.25) is 5.32 Å². The van der Waals surface area contributed by atoms with Gasteiger partial charge in [0, 0.05) is 5.92 Å². The monoisotopic (exact) mass is 501 g/mol. The van der Waals surface area contributed by atoms with Gasteiger partial charge < -0.3 is 4.74 Å². The van der Waals surface area contributed by atoms with Crippen molar-refractivity contribution in [2.24, 2.45) is 0 Å². The molecule has 0 radical (unpaired) electrons. The Morgan fingerprint density at radius 2 is 1.83 bits per heavy atom. The lowest BCUT2D eigenvalue weighted by molar-refractivity contribution is -0.0517. The molecular formula is C15H12Cl3F2N5O4S. The Bertz CT molecular complexity index is 1060. The standard InChI is InChI=1S/C15H12Cl3F2N5O4S/c16-15(17,18)11-21-10(7-5-6-7)22-13(23-11)24-14(26)25-30(27,28)9-4-2-1-3-8(9)29-12(19)20/h1-4,7,12H,5-6H2,(H2,21,22,23,24,25,26). The molecule has 1 aliphatic carbocycles. The number of nitrogens with zero attached hydrogens (tertiary/aromatic N) is 3. The molecule has 2 aromatic rings. The maximum atomic E-state index is 12.5. The first-order valence-corrected chi connectivity index (χ1v) is 10.8. The van der Waals surface area contributed by atoms with E-state index in [0.717, 1.165) is 25.0 Å². The van der Waals surface area contributed by atoms with Crippen molar-refractivity contribution in [2.45, 2.75) is 34.1 Å². The molecule has 0 bridgehead atoms. The summed E-state index contributed by atoms with van der Waals surface area (Å²) in [6.07, 6.45) is 1.59. The summed E-state index contributed by atoms with van der Waals surface area (Å²) in [6.45, 7) is -3.26. The highest BCUT2D eigenvalue weighted by atomic mass is 35.6. The first kappa shape index (κ1) is 22.7. The van der Waals surface area contributed by atoms with Crippen LogP contribution < -0.4 is 14.8 Å². The van der Waals surface area contributed by atoms with Crippen molar-refractivity contribution in [2.75, 3.05) is 5.32 Å². The number of nitrogens with one attached hydrogen (secondary N) is 2. The van der Waals surface area contributed by atoms with Crippen LogP contribution in [-0.2, 0) is 13.8 Å². The quantitative estimate of drug-likeness (QED) is 0.578. The second kappa shape index (κ2) is 8.61. The molecule has 30 heavy (non-hydrogen) atoms. The van der Waals surface area contributed by atoms with Crippen LogP contribution in [0.5, 0.6) is 5.75 Å². The minimum Gasteiger partial charge on any atom is -0.433 e. The van der Waals surface area contributed by atoms with Gasteiger partial charge >= 0.3 is 12.6 Å². The van der Waals surface area contributed by atoms with E-state index >= 15 is 0 Å². The molecule has 0 spiro atoms. The third-order valence-corrected chi connectivity index (χ3v) is 5.53. The van der Waals surface area contributed by atoms with Crippen LogP contribution >= 0.6 is 34.8 Å². The van der Waals surface area contributed by atoms with Crippen LogP contribution in [0.4, 0.5) is 19.5 Å². The number of amides is 2. The second-order valence-corrected chi connectivity index (χ2v) is 9.93. The normalized spacial score (nSPS) is 14.5. The minimum atomic E-state index is -4.58. The van der Waals surface area contributed by atoms with E-state index in [1.807, 2.05) is 0 Å². The number of ether oxygens (including phenoxy) is 1. The van der Waals surface area contributed by atoms with Crippen molar-refractivity contribution in [1.29, 1.82) is 0 Å². The number of para-hydroxylation sites is 1. The number of sulfonamides is 1. The summed E-state index contributed by atoms with van der Waals surface area (Å²) in [5.41, 5.74) is 0. The number of benzene rings is 1. The van der Waals surface area contributed by atoms with Gasteiger partial charge in [-0.15, -0.1) is 0 Å². The number of urea groups is 1. The highest BCUT2D eigenvalue weighted by molar-refractivity contribution is 7.90. The average Bonchev–Trinajstić information content (AvgIpc) is 3.45.